The summed E-state index contributed by atoms with van der Waals surface area (Å²) < 4.78 is 63.4. The number of nitrogens with one attached hydrogen (secondary N) is 1. The Labute approximate surface area is 301 Å². The van der Waals surface area contributed by atoms with E-state index in [4.69, 9.17) is 19.9 Å². The SMILES string of the molecule is Cc1ccn(-c2cc(-c3ccc(OC(C)C)cc3)ccc2C(Oc2cc(N3CCC4(CC3)CN[C@H](C(=O)OC(C)(C)C)C4)nc(N)n2)C(F)(F)F)n1. The lowest BCUT2D eigenvalue weighted by molar-refractivity contribution is -0.198. The molecule has 0 amide bonds. The van der Waals surface area contributed by atoms with Gasteiger partial charge in [-0.2, -0.15) is 28.2 Å². The van der Waals surface area contributed by atoms with Gasteiger partial charge >= 0.3 is 12.1 Å². The van der Waals surface area contributed by atoms with Crippen molar-refractivity contribution in [1.82, 2.24) is 25.1 Å². The molecule has 0 bridgehead atoms. The molecular weight excluding hydrogens is 675 g/mol. The standard InChI is InChI=1S/C38H46F3N7O4/c1-23(2)50-27-10-7-25(8-11-27)26-9-12-28(30(19-26)48-16-13-24(3)46-48)33(38(39,40)41)51-32-20-31(44-35(42)45-32)47-17-14-37(15-18-47)21-29(43-22-37)34(49)52-36(4,5)6/h7-13,16,19-20,23,29,33,43H,14-15,17-18,21-22H2,1-6H3,(H2,42,44,45)/t29-,33?/m0/s1. The molecule has 0 aliphatic carbocycles. The Morgan fingerprint density at radius 2 is 1.67 bits per heavy atom. The maximum atomic E-state index is 15.0. The van der Waals surface area contributed by atoms with Gasteiger partial charge in [-0.25, -0.2) is 4.68 Å². The van der Waals surface area contributed by atoms with E-state index in [1.54, 1.807) is 31.3 Å². The predicted octanol–water partition coefficient (Wildman–Crippen LogP) is 6.98. The normalized spacial score (nSPS) is 18.1. The van der Waals surface area contributed by atoms with Crippen molar-refractivity contribution in [1.29, 1.82) is 0 Å². The molecule has 2 atom stereocenters. The number of nitrogens with zero attached hydrogens (tertiary/aromatic N) is 5. The zero-order chi connectivity index (χ0) is 37.4. The lowest BCUT2D eigenvalue weighted by Crippen LogP contribution is -2.41. The zero-order valence-electron chi connectivity index (χ0n) is 30.3. The molecule has 2 aromatic heterocycles. The van der Waals surface area contributed by atoms with E-state index in [1.807, 2.05) is 63.8 Å². The van der Waals surface area contributed by atoms with E-state index in [0.29, 0.717) is 48.9 Å². The molecule has 1 spiro atoms. The number of nitrogen functional groups attached to an aromatic ring is 1. The van der Waals surface area contributed by atoms with Gasteiger partial charge in [0.1, 0.15) is 23.2 Å². The van der Waals surface area contributed by atoms with Gasteiger partial charge in [0.05, 0.1) is 17.5 Å². The molecule has 14 heteroatoms. The fourth-order valence-electron chi connectivity index (χ4n) is 6.82. The summed E-state index contributed by atoms with van der Waals surface area (Å²) in [5.41, 5.74) is 7.56. The Morgan fingerprint density at radius 1 is 0.981 bits per heavy atom. The van der Waals surface area contributed by atoms with Crippen LogP contribution in [0.15, 0.2) is 60.8 Å². The summed E-state index contributed by atoms with van der Waals surface area (Å²) in [6.45, 7) is 13.0. The first-order chi connectivity index (χ1) is 24.5. The van der Waals surface area contributed by atoms with Crippen molar-refractivity contribution in [2.24, 2.45) is 5.41 Å². The third kappa shape index (κ3) is 8.60. The molecule has 4 aromatic rings. The average Bonchev–Trinajstić information content (AvgIpc) is 3.69. The summed E-state index contributed by atoms with van der Waals surface area (Å²) >= 11 is 0. The summed E-state index contributed by atoms with van der Waals surface area (Å²) in [7, 11) is 0. The van der Waals surface area contributed by atoms with E-state index < -0.39 is 17.9 Å². The molecule has 2 aliphatic heterocycles. The van der Waals surface area contributed by atoms with Crippen molar-refractivity contribution >= 4 is 17.7 Å². The zero-order valence-corrected chi connectivity index (χ0v) is 30.3. The third-order valence-corrected chi connectivity index (χ3v) is 9.28. The van der Waals surface area contributed by atoms with Crippen molar-refractivity contribution < 1.29 is 32.2 Å². The van der Waals surface area contributed by atoms with Crippen LogP contribution >= 0.6 is 0 Å². The maximum absolute atomic E-state index is 15.0. The number of aryl methyl sites for hydroxylation is 1. The fourth-order valence-corrected chi connectivity index (χ4v) is 6.82. The molecule has 2 saturated heterocycles. The van der Waals surface area contributed by atoms with Gasteiger partial charge < -0.3 is 30.2 Å². The van der Waals surface area contributed by atoms with E-state index in [1.165, 1.54) is 16.8 Å². The Hall–Kier alpha value is -4.85. The van der Waals surface area contributed by atoms with E-state index in [-0.39, 0.29) is 46.6 Å². The van der Waals surface area contributed by atoms with Crippen molar-refractivity contribution in [3.63, 3.8) is 0 Å². The Kier molecular flexibility index (Phi) is 10.1. The molecular formula is C38H46F3N7O4. The third-order valence-electron chi connectivity index (χ3n) is 9.28. The summed E-state index contributed by atoms with van der Waals surface area (Å²) in [6.07, 6.45) is -3.46. The second kappa shape index (κ2) is 14.3. The molecule has 4 heterocycles. The Balaban J connectivity index is 1.24. The van der Waals surface area contributed by atoms with E-state index in [9.17, 15) is 18.0 Å². The molecule has 0 radical (unpaired) electrons. The minimum absolute atomic E-state index is 0.00205. The lowest BCUT2D eigenvalue weighted by Gasteiger charge is -2.39. The highest BCUT2D eigenvalue weighted by molar-refractivity contribution is 5.76. The summed E-state index contributed by atoms with van der Waals surface area (Å²) in [4.78, 5) is 23.1. The van der Waals surface area contributed by atoms with Crippen LogP contribution in [0, 0.1) is 12.3 Å². The highest BCUT2D eigenvalue weighted by Crippen LogP contribution is 2.43. The number of alkyl halides is 3. The molecule has 1 unspecified atom stereocenters. The first-order valence-corrected chi connectivity index (χ1v) is 17.5. The number of hydrogen-bond donors (Lipinski definition) is 2. The number of anilines is 2. The topological polar surface area (TPSA) is 130 Å². The van der Waals surface area contributed by atoms with Crippen LogP contribution in [0.5, 0.6) is 11.6 Å². The number of piperidine rings is 1. The van der Waals surface area contributed by atoms with Crippen LogP contribution in [0.1, 0.15) is 71.2 Å². The summed E-state index contributed by atoms with van der Waals surface area (Å²) in [6, 6.07) is 14.8. The van der Waals surface area contributed by atoms with Gasteiger partial charge in [-0.15, -0.1) is 0 Å². The van der Waals surface area contributed by atoms with Crippen LogP contribution in [0.3, 0.4) is 0 Å². The van der Waals surface area contributed by atoms with E-state index in [2.05, 4.69) is 20.4 Å². The first kappa shape index (κ1) is 36.9. The second-order valence-electron chi connectivity index (χ2n) is 15.0. The summed E-state index contributed by atoms with van der Waals surface area (Å²) in [5, 5.41) is 7.76. The van der Waals surface area contributed by atoms with Crippen LogP contribution < -0.4 is 25.4 Å². The smallest absolute Gasteiger partial charge is 0.429 e. The molecule has 52 heavy (non-hydrogen) atoms. The minimum atomic E-state index is -4.83. The molecule has 278 valence electrons. The fraction of sp³-hybridized carbons (Fsp3) is 0.474. The molecule has 3 N–H and O–H groups in total. The highest BCUT2D eigenvalue weighted by atomic mass is 19.4. The number of nitrogens with two attached hydrogens (primary N) is 1. The number of ether oxygens (including phenoxy) is 3. The van der Waals surface area contributed by atoms with Crippen molar-refractivity contribution in [3.05, 3.63) is 72.1 Å². The Morgan fingerprint density at radius 3 is 2.29 bits per heavy atom. The van der Waals surface area contributed by atoms with Gasteiger partial charge in [0.15, 0.2) is 0 Å². The molecule has 2 fully saturated rings. The van der Waals surface area contributed by atoms with Crippen LogP contribution in [-0.4, -0.2) is 69.3 Å². The number of aromatic nitrogens is 4. The van der Waals surface area contributed by atoms with Gasteiger partial charge in [-0.1, -0.05) is 24.3 Å². The van der Waals surface area contributed by atoms with Crippen LogP contribution in [0.25, 0.3) is 16.8 Å². The van der Waals surface area contributed by atoms with E-state index in [0.717, 1.165) is 18.4 Å². The molecule has 2 aromatic carbocycles. The minimum Gasteiger partial charge on any atom is -0.491 e. The number of benzene rings is 2. The highest BCUT2D eigenvalue weighted by Gasteiger charge is 2.46. The van der Waals surface area contributed by atoms with Crippen LogP contribution in [0.2, 0.25) is 0 Å². The quantitative estimate of drug-likeness (QED) is 0.175. The molecule has 6 rings (SSSR count). The second-order valence-corrected chi connectivity index (χ2v) is 15.0. The number of halogens is 3. The van der Waals surface area contributed by atoms with Crippen molar-refractivity contribution in [2.75, 3.05) is 30.3 Å². The number of hydrogen-bond acceptors (Lipinski definition) is 10. The van der Waals surface area contributed by atoms with E-state index >= 15 is 0 Å². The van der Waals surface area contributed by atoms with Crippen molar-refractivity contribution in [3.8, 4) is 28.4 Å². The lowest BCUT2D eigenvalue weighted by atomic mass is 9.76. The van der Waals surface area contributed by atoms with Crippen LogP contribution in [-0.2, 0) is 9.53 Å². The van der Waals surface area contributed by atoms with Gasteiger partial charge in [-0.3, -0.25) is 4.79 Å². The summed E-state index contributed by atoms with van der Waals surface area (Å²) in [5.74, 6) is 0.298. The first-order valence-electron chi connectivity index (χ1n) is 17.5. The number of rotatable bonds is 9. The number of carbonyl (C=O) groups excluding carboxylic acids is 1. The monoisotopic (exact) mass is 721 g/mol. The van der Waals surface area contributed by atoms with Gasteiger partial charge in [0, 0.05) is 37.5 Å². The predicted molar refractivity (Wildman–Crippen MR) is 192 cm³/mol. The molecule has 2 aliphatic rings. The van der Waals surface area contributed by atoms with Crippen molar-refractivity contribution in [2.45, 2.75) is 90.8 Å². The Bertz CT molecular complexity index is 1880. The number of carbonyl (C=O) groups is 1. The van der Waals surface area contributed by atoms with Gasteiger partial charge in [0.25, 0.3) is 0 Å². The largest absolute Gasteiger partial charge is 0.491 e. The molecule has 0 saturated carbocycles. The number of esters is 1. The van der Waals surface area contributed by atoms with Gasteiger partial charge in [0.2, 0.25) is 17.9 Å². The average molecular weight is 722 g/mol. The van der Waals surface area contributed by atoms with Gasteiger partial charge in [-0.05, 0) is 102 Å². The van der Waals surface area contributed by atoms with Crippen LogP contribution in [0.4, 0.5) is 24.9 Å². The molecule has 11 nitrogen and oxygen atoms in total. The maximum Gasteiger partial charge on any atom is 0.429 e.